The summed E-state index contributed by atoms with van der Waals surface area (Å²) in [7, 11) is 0. The van der Waals surface area contributed by atoms with E-state index in [4.69, 9.17) is 4.74 Å². The monoisotopic (exact) mass is 325 g/mol. The van der Waals surface area contributed by atoms with Crippen molar-refractivity contribution in [3.8, 4) is 0 Å². The summed E-state index contributed by atoms with van der Waals surface area (Å²) in [5, 5.41) is 2.49. The number of benzene rings is 2. The van der Waals surface area contributed by atoms with Crippen molar-refractivity contribution in [2.24, 2.45) is 0 Å². The van der Waals surface area contributed by atoms with Gasteiger partial charge in [0.05, 0.1) is 0 Å². The lowest BCUT2D eigenvalue weighted by Crippen LogP contribution is -2.45. The van der Waals surface area contributed by atoms with Gasteiger partial charge in [0.25, 0.3) is 0 Å². The molecule has 5 heteroatoms. The van der Waals surface area contributed by atoms with Crippen LogP contribution in [0.3, 0.4) is 0 Å². The van der Waals surface area contributed by atoms with Gasteiger partial charge in [-0.25, -0.2) is 4.79 Å². The molecule has 0 bridgehead atoms. The normalized spacial score (nSPS) is 11.4. The second kappa shape index (κ2) is 8.62. The van der Waals surface area contributed by atoms with Crippen LogP contribution < -0.4 is 5.32 Å². The molecule has 24 heavy (non-hydrogen) atoms. The quantitative estimate of drug-likeness (QED) is 0.794. The average molecular weight is 325 g/mol. The zero-order valence-electron chi connectivity index (χ0n) is 13.4. The number of alkyl carbamates (subject to hydrolysis) is 1. The first-order valence-corrected chi connectivity index (χ1v) is 7.62. The van der Waals surface area contributed by atoms with Crippen LogP contribution in [0, 0.1) is 0 Å². The maximum absolute atomic E-state index is 12.0. The van der Waals surface area contributed by atoms with E-state index in [1.165, 1.54) is 6.92 Å². The maximum atomic E-state index is 12.0. The highest BCUT2D eigenvalue weighted by atomic mass is 16.5. The third-order valence-corrected chi connectivity index (χ3v) is 3.45. The molecular formula is C19H19NO4. The van der Waals surface area contributed by atoms with Crippen molar-refractivity contribution in [1.29, 1.82) is 0 Å². The minimum Gasteiger partial charge on any atom is -0.445 e. The zero-order chi connectivity index (χ0) is 17.4. The number of amides is 1. The number of hydrogen-bond acceptors (Lipinski definition) is 4. The van der Waals surface area contributed by atoms with E-state index in [-0.39, 0.29) is 13.0 Å². The predicted molar refractivity (Wildman–Crippen MR) is 89.4 cm³/mol. The molecule has 1 N–H and O–H groups in total. The minimum atomic E-state index is -0.937. The van der Waals surface area contributed by atoms with Gasteiger partial charge in [0.15, 0.2) is 5.78 Å². The summed E-state index contributed by atoms with van der Waals surface area (Å²) in [4.78, 5) is 35.4. The van der Waals surface area contributed by atoms with E-state index in [0.29, 0.717) is 0 Å². The lowest BCUT2D eigenvalue weighted by Gasteiger charge is -2.16. The lowest BCUT2D eigenvalue weighted by atomic mass is 10.0. The van der Waals surface area contributed by atoms with Gasteiger partial charge >= 0.3 is 6.09 Å². The fraction of sp³-hybridized carbons (Fsp3) is 0.211. The van der Waals surface area contributed by atoms with E-state index in [2.05, 4.69) is 5.32 Å². The van der Waals surface area contributed by atoms with Crippen molar-refractivity contribution in [2.45, 2.75) is 26.0 Å². The van der Waals surface area contributed by atoms with Crippen LogP contribution in [-0.2, 0) is 27.4 Å². The summed E-state index contributed by atoms with van der Waals surface area (Å²) in [5.41, 5.74) is 1.69. The number of Topliss-reactive ketones (excluding diaryl/α,β-unsaturated/α-hetero) is 2. The zero-order valence-corrected chi connectivity index (χ0v) is 13.4. The molecule has 0 saturated heterocycles. The fourth-order valence-electron chi connectivity index (χ4n) is 2.21. The smallest absolute Gasteiger partial charge is 0.408 e. The van der Waals surface area contributed by atoms with E-state index in [1.807, 2.05) is 60.7 Å². The molecule has 1 unspecified atom stereocenters. The molecule has 5 nitrogen and oxygen atoms in total. The van der Waals surface area contributed by atoms with Gasteiger partial charge in [0, 0.05) is 13.3 Å². The third-order valence-electron chi connectivity index (χ3n) is 3.45. The molecule has 1 amide bonds. The average Bonchev–Trinajstić information content (AvgIpc) is 2.60. The highest BCUT2D eigenvalue weighted by Crippen LogP contribution is 2.06. The Morgan fingerprint density at radius 1 is 0.917 bits per heavy atom. The van der Waals surface area contributed by atoms with E-state index < -0.39 is 23.7 Å². The van der Waals surface area contributed by atoms with Crippen LogP contribution >= 0.6 is 0 Å². The topological polar surface area (TPSA) is 72.5 Å². The fourth-order valence-corrected chi connectivity index (χ4v) is 2.21. The summed E-state index contributed by atoms with van der Waals surface area (Å²) >= 11 is 0. The number of nitrogens with one attached hydrogen (secondary N) is 1. The van der Waals surface area contributed by atoms with Crippen molar-refractivity contribution in [1.82, 2.24) is 5.32 Å². The van der Waals surface area contributed by atoms with Crippen LogP contribution in [0.5, 0.6) is 0 Å². The van der Waals surface area contributed by atoms with Crippen LogP contribution in [0.2, 0.25) is 0 Å². The molecule has 0 aliphatic rings. The number of hydrogen-bond donors (Lipinski definition) is 1. The molecular weight excluding hydrogens is 306 g/mol. The Bertz CT molecular complexity index is 698. The molecule has 124 valence electrons. The van der Waals surface area contributed by atoms with Crippen LogP contribution in [0.4, 0.5) is 4.79 Å². The first-order valence-electron chi connectivity index (χ1n) is 7.62. The molecule has 0 aliphatic heterocycles. The van der Waals surface area contributed by atoms with E-state index in [9.17, 15) is 14.4 Å². The molecule has 0 spiro atoms. The van der Waals surface area contributed by atoms with Crippen LogP contribution in [0.15, 0.2) is 60.7 Å². The van der Waals surface area contributed by atoms with Gasteiger partial charge in [-0.15, -0.1) is 0 Å². The molecule has 0 aromatic heterocycles. The Kier molecular flexibility index (Phi) is 6.25. The number of carbonyl (C=O) groups excluding carboxylic acids is 3. The number of ketones is 2. The van der Waals surface area contributed by atoms with E-state index >= 15 is 0 Å². The molecule has 1 atom stereocenters. The van der Waals surface area contributed by atoms with Gasteiger partial charge in [-0.3, -0.25) is 9.59 Å². The second-order valence-corrected chi connectivity index (χ2v) is 5.37. The third kappa shape index (κ3) is 5.35. The van der Waals surface area contributed by atoms with Crippen molar-refractivity contribution in [3.05, 3.63) is 71.8 Å². The summed E-state index contributed by atoms with van der Waals surface area (Å²) < 4.78 is 5.11. The molecule has 0 aliphatic carbocycles. The minimum absolute atomic E-state index is 0.0962. The molecule has 0 heterocycles. The predicted octanol–water partition coefficient (Wildman–Crippen LogP) is 2.68. The highest BCUT2D eigenvalue weighted by Gasteiger charge is 2.25. The summed E-state index contributed by atoms with van der Waals surface area (Å²) in [6, 6.07) is 17.4. The summed E-state index contributed by atoms with van der Waals surface area (Å²) in [6.07, 6.45) is -0.492. The van der Waals surface area contributed by atoms with E-state index in [1.54, 1.807) is 0 Å². The molecule has 2 aromatic carbocycles. The molecule has 2 aromatic rings. The van der Waals surface area contributed by atoms with Gasteiger partial charge in [0.1, 0.15) is 12.6 Å². The van der Waals surface area contributed by atoms with E-state index in [0.717, 1.165) is 11.1 Å². The number of carbonyl (C=O) groups is 3. The van der Waals surface area contributed by atoms with Crippen LogP contribution in [0.25, 0.3) is 0 Å². The lowest BCUT2D eigenvalue weighted by molar-refractivity contribution is -0.136. The van der Waals surface area contributed by atoms with Gasteiger partial charge < -0.3 is 10.1 Å². The Hall–Kier alpha value is -2.95. The van der Waals surface area contributed by atoms with Gasteiger partial charge in [-0.05, 0) is 11.1 Å². The Balaban J connectivity index is 1.97. The second-order valence-electron chi connectivity index (χ2n) is 5.37. The van der Waals surface area contributed by atoms with Crippen molar-refractivity contribution in [3.63, 3.8) is 0 Å². The van der Waals surface area contributed by atoms with Crippen molar-refractivity contribution in [2.75, 3.05) is 0 Å². The first-order chi connectivity index (χ1) is 11.6. The molecule has 0 saturated carbocycles. The first kappa shape index (κ1) is 17.4. The standard InChI is InChI=1S/C19H19NO4/c1-14(21)18(22)17(12-15-8-4-2-5-9-15)20-19(23)24-13-16-10-6-3-7-11-16/h2-11,17H,12-13H2,1H3,(H,20,23). The SMILES string of the molecule is CC(=O)C(=O)C(Cc1ccccc1)NC(=O)OCc1ccccc1. The Labute approximate surface area is 140 Å². The van der Waals surface area contributed by atoms with Gasteiger partial charge in [-0.2, -0.15) is 0 Å². The largest absolute Gasteiger partial charge is 0.445 e. The molecule has 0 radical (unpaired) electrons. The van der Waals surface area contributed by atoms with Gasteiger partial charge in [-0.1, -0.05) is 60.7 Å². The van der Waals surface area contributed by atoms with Crippen molar-refractivity contribution < 1.29 is 19.1 Å². The maximum Gasteiger partial charge on any atom is 0.408 e. The summed E-state index contributed by atoms with van der Waals surface area (Å²) in [6.45, 7) is 1.29. The number of rotatable bonds is 7. The molecule has 2 rings (SSSR count). The Morgan fingerprint density at radius 2 is 1.46 bits per heavy atom. The number of ether oxygens (including phenoxy) is 1. The Morgan fingerprint density at radius 3 is 2.00 bits per heavy atom. The highest BCUT2D eigenvalue weighted by molar-refractivity contribution is 6.38. The van der Waals surface area contributed by atoms with Crippen molar-refractivity contribution >= 4 is 17.7 Å². The van der Waals surface area contributed by atoms with Gasteiger partial charge in [0.2, 0.25) is 5.78 Å². The summed E-state index contributed by atoms with van der Waals surface area (Å²) in [5.74, 6) is -1.24. The van der Waals surface area contributed by atoms with Crippen LogP contribution in [-0.4, -0.2) is 23.7 Å². The van der Waals surface area contributed by atoms with Crippen LogP contribution in [0.1, 0.15) is 18.1 Å². The molecule has 0 fully saturated rings.